The molecule has 0 aliphatic heterocycles. The molecule has 4 rings (SSSR count). The van der Waals surface area contributed by atoms with Gasteiger partial charge in [0.1, 0.15) is 5.65 Å². The maximum Gasteiger partial charge on any atom is 0.262 e. The number of nitrogens with zero attached hydrogens (tertiary/aromatic N) is 2. The van der Waals surface area contributed by atoms with E-state index >= 15 is 0 Å². The van der Waals surface area contributed by atoms with Crippen molar-refractivity contribution >= 4 is 21.4 Å². The Bertz CT molecular complexity index is 1310. The van der Waals surface area contributed by atoms with Gasteiger partial charge in [0.15, 0.2) is 11.5 Å². The summed E-state index contributed by atoms with van der Waals surface area (Å²) in [6, 6.07) is 15.5. The summed E-state index contributed by atoms with van der Waals surface area (Å²) in [6.07, 6.45) is 3.90. The summed E-state index contributed by atoms with van der Waals surface area (Å²) >= 11 is 0. The zero-order valence-corrected chi connectivity index (χ0v) is 17.6. The fraction of sp³-hybridized carbons (Fsp3) is 0.136. The molecule has 2 aromatic heterocycles. The quantitative estimate of drug-likeness (QED) is 0.504. The number of aromatic nitrogens is 2. The minimum absolute atomic E-state index is 0.0834. The molecular weight excluding hydrogens is 402 g/mol. The van der Waals surface area contributed by atoms with E-state index in [1.807, 2.05) is 48.0 Å². The van der Waals surface area contributed by atoms with Crippen LogP contribution in [0.25, 0.3) is 16.9 Å². The standard InChI is InChI=1S/C22H21N3O4S/c1-15-5-4-12-25-14-19(23-22(15)25)16-6-8-17(9-7-16)24-30(26,27)18-10-11-20(28-2)21(13-18)29-3/h4-14,24H,1-3H3. The van der Waals surface area contributed by atoms with Crippen LogP contribution in [0.4, 0.5) is 5.69 Å². The summed E-state index contributed by atoms with van der Waals surface area (Å²) < 4.78 is 40.4. The fourth-order valence-corrected chi connectivity index (χ4v) is 4.27. The predicted molar refractivity (Wildman–Crippen MR) is 116 cm³/mol. The highest BCUT2D eigenvalue weighted by Crippen LogP contribution is 2.30. The third-order valence-corrected chi connectivity index (χ3v) is 6.16. The van der Waals surface area contributed by atoms with Crippen molar-refractivity contribution in [3.05, 3.63) is 72.6 Å². The average molecular weight is 423 g/mol. The largest absolute Gasteiger partial charge is 0.493 e. The highest BCUT2D eigenvalue weighted by Gasteiger charge is 2.17. The van der Waals surface area contributed by atoms with Gasteiger partial charge in [0, 0.05) is 29.7 Å². The molecule has 1 N–H and O–H groups in total. The lowest BCUT2D eigenvalue weighted by molar-refractivity contribution is 0.354. The van der Waals surface area contributed by atoms with E-state index in [2.05, 4.69) is 9.71 Å². The first-order valence-electron chi connectivity index (χ1n) is 9.21. The molecule has 0 bridgehead atoms. The van der Waals surface area contributed by atoms with Gasteiger partial charge in [0.2, 0.25) is 0 Å². The van der Waals surface area contributed by atoms with E-state index in [0.29, 0.717) is 17.2 Å². The Hall–Kier alpha value is -3.52. The molecule has 0 saturated heterocycles. The summed E-state index contributed by atoms with van der Waals surface area (Å²) in [5.41, 5.74) is 4.15. The molecule has 0 aliphatic carbocycles. The predicted octanol–water partition coefficient (Wildman–Crippen LogP) is 4.13. The first-order chi connectivity index (χ1) is 14.4. The zero-order chi connectivity index (χ0) is 21.3. The molecule has 0 radical (unpaired) electrons. The lowest BCUT2D eigenvalue weighted by Gasteiger charge is -2.12. The Morgan fingerprint density at radius 3 is 2.37 bits per heavy atom. The molecule has 0 spiro atoms. The highest BCUT2D eigenvalue weighted by atomic mass is 32.2. The summed E-state index contributed by atoms with van der Waals surface area (Å²) in [7, 11) is -0.824. The van der Waals surface area contributed by atoms with E-state index in [1.165, 1.54) is 26.4 Å². The highest BCUT2D eigenvalue weighted by molar-refractivity contribution is 7.92. The number of aryl methyl sites for hydroxylation is 1. The van der Waals surface area contributed by atoms with Crippen LogP contribution in [-0.4, -0.2) is 32.0 Å². The van der Waals surface area contributed by atoms with Gasteiger partial charge < -0.3 is 13.9 Å². The summed E-state index contributed by atoms with van der Waals surface area (Å²) in [5, 5.41) is 0. The van der Waals surface area contributed by atoms with Crippen molar-refractivity contribution in [3.8, 4) is 22.8 Å². The summed E-state index contributed by atoms with van der Waals surface area (Å²) in [5.74, 6) is 0.807. The molecule has 4 aromatic rings. The number of imidazole rings is 1. The Kier molecular flexibility index (Phi) is 5.09. The SMILES string of the molecule is COc1ccc(S(=O)(=O)Nc2ccc(-c3cn4cccc(C)c4n3)cc2)cc1OC. The Morgan fingerprint density at radius 2 is 1.70 bits per heavy atom. The maximum atomic E-state index is 12.8. The van der Waals surface area contributed by atoms with Crippen molar-refractivity contribution < 1.29 is 17.9 Å². The maximum absolute atomic E-state index is 12.8. The van der Waals surface area contributed by atoms with Crippen LogP contribution >= 0.6 is 0 Å². The van der Waals surface area contributed by atoms with Gasteiger partial charge in [-0.25, -0.2) is 13.4 Å². The monoisotopic (exact) mass is 423 g/mol. The van der Waals surface area contributed by atoms with E-state index in [9.17, 15) is 8.42 Å². The Balaban J connectivity index is 1.59. The number of pyridine rings is 1. The van der Waals surface area contributed by atoms with E-state index in [-0.39, 0.29) is 4.90 Å². The van der Waals surface area contributed by atoms with Gasteiger partial charge >= 0.3 is 0 Å². The number of hydrogen-bond donors (Lipinski definition) is 1. The van der Waals surface area contributed by atoms with Gasteiger partial charge in [0.25, 0.3) is 10.0 Å². The third-order valence-electron chi connectivity index (χ3n) is 4.78. The van der Waals surface area contributed by atoms with Crippen molar-refractivity contribution in [1.29, 1.82) is 0 Å². The lowest BCUT2D eigenvalue weighted by Crippen LogP contribution is -2.13. The molecule has 154 valence electrons. The molecule has 7 nitrogen and oxygen atoms in total. The third kappa shape index (κ3) is 3.69. The molecule has 0 aliphatic rings. The van der Waals surface area contributed by atoms with Gasteiger partial charge in [-0.15, -0.1) is 0 Å². The van der Waals surface area contributed by atoms with Gasteiger partial charge in [-0.1, -0.05) is 18.2 Å². The molecule has 30 heavy (non-hydrogen) atoms. The van der Waals surface area contributed by atoms with Gasteiger partial charge in [0.05, 0.1) is 24.8 Å². The number of ether oxygens (including phenoxy) is 2. The van der Waals surface area contributed by atoms with Gasteiger partial charge in [-0.3, -0.25) is 4.72 Å². The Morgan fingerprint density at radius 1 is 0.967 bits per heavy atom. The van der Waals surface area contributed by atoms with Crippen LogP contribution in [0.3, 0.4) is 0 Å². The molecular formula is C22H21N3O4S. The molecule has 0 unspecified atom stereocenters. The van der Waals surface area contributed by atoms with Crippen molar-refractivity contribution in [2.24, 2.45) is 0 Å². The van der Waals surface area contributed by atoms with Crippen molar-refractivity contribution in [2.75, 3.05) is 18.9 Å². The first kappa shape index (κ1) is 19.8. The molecule has 0 fully saturated rings. The van der Waals surface area contributed by atoms with E-state index in [0.717, 1.165) is 22.5 Å². The number of sulfonamides is 1. The first-order valence-corrected chi connectivity index (χ1v) is 10.7. The van der Waals surface area contributed by atoms with Crippen molar-refractivity contribution in [1.82, 2.24) is 9.38 Å². The van der Waals surface area contributed by atoms with E-state index in [1.54, 1.807) is 18.2 Å². The van der Waals surface area contributed by atoms with Crippen LogP contribution in [0.1, 0.15) is 5.56 Å². The van der Waals surface area contributed by atoms with Crippen LogP contribution in [0.15, 0.2) is 71.9 Å². The van der Waals surface area contributed by atoms with Crippen LogP contribution in [0, 0.1) is 6.92 Å². The number of anilines is 1. The smallest absolute Gasteiger partial charge is 0.262 e. The lowest BCUT2D eigenvalue weighted by atomic mass is 10.1. The number of hydrogen-bond acceptors (Lipinski definition) is 5. The molecule has 8 heteroatoms. The molecule has 0 saturated carbocycles. The minimum Gasteiger partial charge on any atom is -0.493 e. The second-order valence-corrected chi connectivity index (χ2v) is 8.43. The normalized spacial score (nSPS) is 11.4. The zero-order valence-electron chi connectivity index (χ0n) is 16.8. The van der Waals surface area contributed by atoms with Crippen LogP contribution in [0.5, 0.6) is 11.5 Å². The molecule has 2 heterocycles. The molecule has 0 amide bonds. The van der Waals surface area contributed by atoms with Crippen molar-refractivity contribution in [2.45, 2.75) is 11.8 Å². The molecule has 2 aromatic carbocycles. The molecule has 0 atom stereocenters. The number of rotatable bonds is 6. The fourth-order valence-electron chi connectivity index (χ4n) is 3.20. The van der Waals surface area contributed by atoms with E-state index < -0.39 is 10.0 Å². The number of fused-ring (bicyclic) bond motifs is 1. The average Bonchev–Trinajstić information content (AvgIpc) is 3.19. The van der Waals surface area contributed by atoms with Gasteiger partial charge in [-0.2, -0.15) is 0 Å². The number of nitrogens with one attached hydrogen (secondary N) is 1. The van der Waals surface area contributed by atoms with E-state index in [4.69, 9.17) is 9.47 Å². The van der Waals surface area contributed by atoms with Crippen LogP contribution in [-0.2, 0) is 10.0 Å². The second kappa shape index (κ2) is 7.72. The summed E-state index contributed by atoms with van der Waals surface area (Å²) in [6.45, 7) is 2.01. The summed E-state index contributed by atoms with van der Waals surface area (Å²) in [4.78, 5) is 4.75. The van der Waals surface area contributed by atoms with Gasteiger partial charge in [-0.05, 0) is 42.8 Å². The second-order valence-electron chi connectivity index (χ2n) is 6.75. The number of methoxy groups -OCH3 is 2. The van der Waals surface area contributed by atoms with Crippen LogP contribution < -0.4 is 14.2 Å². The topological polar surface area (TPSA) is 81.9 Å². The minimum atomic E-state index is -3.78. The van der Waals surface area contributed by atoms with Crippen LogP contribution in [0.2, 0.25) is 0 Å². The van der Waals surface area contributed by atoms with Crippen molar-refractivity contribution in [3.63, 3.8) is 0 Å². The Labute approximate surface area is 175 Å². The number of benzene rings is 2.